The summed E-state index contributed by atoms with van der Waals surface area (Å²) in [5.74, 6) is -3.85. The third-order valence-electron chi connectivity index (χ3n) is 7.26. The highest BCUT2D eigenvalue weighted by atomic mass is 19.4. The maximum Gasteiger partial charge on any atom is 0.490 e. The van der Waals surface area contributed by atoms with E-state index in [0.717, 1.165) is 81.2 Å². The molecule has 2 aliphatic heterocycles. The van der Waals surface area contributed by atoms with E-state index in [4.69, 9.17) is 40.0 Å². The molecule has 0 aliphatic carbocycles. The maximum atomic E-state index is 10.6. The van der Waals surface area contributed by atoms with Crippen molar-refractivity contribution in [1.29, 1.82) is 5.26 Å². The smallest absolute Gasteiger partial charge is 0.490 e. The molecule has 13 nitrogen and oxygen atoms in total. The molecule has 5 heterocycles. The lowest BCUT2D eigenvalue weighted by molar-refractivity contribution is -0.193. The van der Waals surface area contributed by atoms with E-state index in [1.165, 1.54) is 0 Å². The minimum atomic E-state index is -5.08. The first-order chi connectivity index (χ1) is 22.4. The summed E-state index contributed by atoms with van der Waals surface area (Å²) in [4.78, 5) is 27.1. The number of carboxylic acid groups (broad SMARTS) is 2. The molecule has 0 radical (unpaired) electrons. The number of fused-ring (bicyclic) bond motifs is 1. The number of morpholine rings is 1. The van der Waals surface area contributed by atoms with Crippen molar-refractivity contribution in [2.45, 2.75) is 37.7 Å². The van der Waals surface area contributed by atoms with Gasteiger partial charge in [0.1, 0.15) is 24.2 Å². The van der Waals surface area contributed by atoms with Gasteiger partial charge in [0.05, 0.1) is 36.7 Å². The van der Waals surface area contributed by atoms with Crippen LogP contribution in [0.15, 0.2) is 36.8 Å². The number of anilines is 1. The Hall–Kier alpha value is -4.67. The van der Waals surface area contributed by atoms with Gasteiger partial charge in [-0.05, 0) is 38.0 Å². The number of ether oxygens (including phenoxy) is 2. The van der Waals surface area contributed by atoms with Crippen molar-refractivity contribution in [2.24, 2.45) is 5.73 Å². The van der Waals surface area contributed by atoms with E-state index in [9.17, 15) is 31.6 Å². The van der Waals surface area contributed by atoms with Gasteiger partial charge in [0.2, 0.25) is 0 Å². The zero-order chi connectivity index (χ0) is 35.7. The number of carboxylic acids is 2. The number of piperidine rings is 1. The van der Waals surface area contributed by atoms with Crippen LogP contribution in [0, 0.1) is 11.3 Å². The largest absolute Gasteiger partial charge is 0.491 e. The number of nitrogens with zero attached hydrogens (tertiary/aromatic N) is 6. The van der Waals surface area contributed by atoms with Gasteiger partial charge in [0.25, 0.3) is 0 Å². The second-order valence-electron chi connectivity index (χ2n) is 11.0. The quantitative estimate of drug-likeness (QED) is 0.321. The summed E-state index contributed by atoms with van der Waals surface area (Å²) in [7, 11) is 0. The molecule has 0 saturated carbocycles. The van der Waals surface area contributed by atoms with Crippen LogP contribution in [0.1, 0.15) is 25.3 Å². The highest BCUT2D eigenvalue weighted by Gasteiger charge is 2.39. The summed E-state index contributed by atoms with van der Waals surface area (Å²) < 4.78 is 76.7. The van der Waals surface area contributed by atoms with Crippen LogP contribution in [0.2, 0.25) is 0 Å². The first-order valence-electron chi connectivity index (χ1n) is 14.4. The maximum absolute atomic E-state index is 10.6. The van der Waals surface area contributed by atoms with Crippen LogP contribution in [0.5, 0.6) is 5.75 Å². The molecule has 0 spiro atoms. The van der Waals surface area contributed by atoms with Gasteiger partial charge in [-0.1, -0.05) is 0 Å². The predicted molar refractivity (Wildman–Crippen MR) is 157 cm³/mol. The lowest BCUT2D eigenvalue weighted by Gasteiger charge is -2.37. The Labute approximate surface area is 270 Å². The molecule has 2 saturated heterocycles. The molecule has 5 rings (SSSR count). The summed E-state index contributed by atoms with van der Waals surface area (Å²) in [5.41, 5.74) is 9.27. The summed E-state index contributed by atoms with van der Waals surface area (Å²) in [6.07, 6.45) is -2.98. The second kappa shape index (κ2) is 16.0. The van der Waals surface area contributed by atoms with Gasteiger partial charge in [0.15, 0.2) is 0 Å². The summed E-state index contributed by atoms with van der Waals surface area (Å²) in [6.45, 7) is 8.72. The number of hydrogen-bond donors (Lipinski definition) is 3. The Bertz CT molecular complexity index is 1550. The number of rotatable bonds is 6. The van der Waals surface area contributed by atoms with Crippen molar-refractivity contribution in [1.82, 2.24) is 19.5 Å². The van der Waals surface area contributed by atoms with Crippen LogP contribution in [-0.2, 0) is 14.3 Å². The Morgan fingerprint density at radius 2 is 1.62 bits per heavy atom. The molecule has 0 aromatic carbocycles. The summed E-state index contributed by atoms with van der Waals surface area (Å²) >= 11 is 0. The third-order valence-corrected chi connectivity index (χ3v) is 7.26. The van der Waals surface area contributed by atoms with E-state index < -0.39 is 24.3 Å². The number of nitriles is 1. The van der Waals surface area contributed by atoms with Crippen LogP contribution in [-0.4, -0.2) is 112 Å². The number of aromatic nitrogens is 3. The second-order valence-corrected chi connectivity index (χ2v) is 11.0. The Morgan fingerprint density at radius 3 is 2.12 bits per heavy atom. The number of hydrogen-bond acceptors (Lipinski definition) is 10. The van der Waals surface area contributed by atoms with Gasteiger partial charge < -0.3 is 30.3 Å². The monoisotopic (exact) mass is 689 g/mol. The zero-order valence-corrected chi connectivity index (χ0v) is 25.6. The molecule has 0 atom stereocenters. The molecular weight excluding hydrogens is 656 g/mol. The van der Waals surface area contributed by atoms with Crippen molar-refractivity contribution in [3.8, 4) is 22.9 Å². The number of aliphatic carboxylic acids is 2. The molecule has 2 aliphatic rings. The van der Waals surface area contributed by atoms with E-state index in [-0.39, 0.29) is 5.54 Å². The standard InChI is InChI=1S/C25H31N7O2.2C2HF3O2/c1-25(27)4-6-31(7-5-25)23-3-2-19(16-28-23)22-14-21(18-32-24(22)20(15-26)17-29-32)34-13-10-30-8-11-33-12-9-30;2*3-2(4,5)1(6)7/h2-3,14,16-18H,4-13,27H2,1H3;2*(H,6,7). The van der Waals surface area contributed by atoms with Gasteiger partial charge in [0, 0.05) is 55.6 Å². The minimum Gasteiger partial charge on any atom is -0.491 e. The SMILES string of the molecule is CC1(N)CCN(c2ccc(-c3cc(OCCN4CCOCC4)cn4ncc(C#N)c34)cn2)CC1.O=C(O)C(F)(F)F.O=C(O)C(F)(F)F. The first-order valence-corrected chi connectivity index (χ1v) is 14.4. The molecule has 0 unspecified atom stereocenters. The first kappa shape index (κ1) is 37.8. The number of carbonyl (C=O) groups is 2. The molecule has 262 valence electrons. The molecule has 48 heavy (non-hydrogen) atoms. The Kier molecular flexibility index (Phi) is 12.6. The van der Waals surface area contributed by atoms with Gasteiger partial charge in [-0.3, -0.25) is 4.90 Å². The van der Waals surface area contributed by atoms with Crippen molar-refractivity contribution < 1.29 is 55.6 Å². The number of halogens is 6. The molecular formula is C29H33F6N7O6. The number of nitrogens with two attached hydrogens (primary N) is 1. The molecule has 19 heteroatoms. The van der Waals surface area contributed by atoms with E-state index in [1.807, 2.05) is 24.5 Å². The molecule has 4 N–H and O–H groups in total. The van der Waals surface area contributed by atoms with Gasteiger partial charge in [-0.25, -0.2) is 19.1 Å². The molecule has 2 fully saturated rings. The lowest BCUT2D eigenvalue weighted by atomic mass is 9.91. The van der Waals surface area contributed by atoms with E-state index >= 15 is 0 Å². The molecule has 3 aromatic rings. The fourth-order valence-corrected chi connectivity index (χ4v) is 4.57. The van der Waals surface area contributed by atoms with E-state index in [2.05, 4.69) is 34.0 Å². The van der Waals surface area contributed by atoms with Crippen LogP contribution in [0.4, 0.5) is 32.2 Å². The van der Waals surface area contributed by atoms with Gasteiger partial charge in [-0.15, -0.1) is 0 Å². The highest BCUT2D eigenvalue weighted by Crippen LogP contribution is 2.32. The Morgan fingerprint density at radius 1 is 1.04 bits per heavy atom. The van der Waals surface area contributed by atoms with Crippen LogP contribution in [0.25, 0.3) is 16.6 Å². The van der Waals surface area contributed by atoms with Gasteiger partial charge in [-0.2, -0.15) is 36.7 Å². The van der Waals surface area contributed by atoms with Crippen LogP contribution >= 0.6 is 0 Å². The average molecular weight is 690 g/mol. The van der Waals surface area contributed by atoms with Crippen molar-refractivity contribution in [3.63, 3.8) is 0 Å². The molecule has 3 aromatic heterocycles. The van der Waals surface area contributed by atoms with E-state index in [1.54, 1.807) is 10.7 Å². The summed E-state index contributed by atoms with van der Waals surface area (Å²) in [6, 6.07) is 8.33. The normalized spacial score (nSPS) is 16.5. The number of pyridine rings is 2. The fourth-order valence-electron chi connectivity index (χ4n) is 4.57. The topological polar surface area (TPSA) is 180 Å². The third kappa shape index (κ3) is 11.0. The summed E-state index contributed by atoms with van der Waals surface area (Å²) in [5, 5.41) is 28.3. The van der Waals surface area contributed by atoms with E-state index in [0.29, 0.717) is 17.9 Å². The Balaban J connectivity index is 0.000000376. The van der Waals surface area contributed by atoms with Gasteiger partial charge >= 0.3 is 24.3 Å². The van der Waals surface area contributed by atoms with Crippen LogP contribution < -0.4 is 15.4 Å². The predicted octanol–water partition coefficient (Wildman–Crippen LogP) is 3.56. The average Bonchev–Trinajstić information content (AvgIpc) is 3.44. The lowest BCUT2D eigenvalue weighted by Crippen LogP contribution is -2.48. The highest BCUT2D eigenvalue weighted by molar-refractivity contribution is 5.85. The van der Waals surface area contributed by atoms with Crippen molar-refractivity contribution in [3.05, 3.63) is 42.4 Å². The van der Waals surface area contributed by atoms with Crippen LogP contribution in [0.3, 0.4) is 0 Å². The fraction of sp³-hybridized carbons (Fsp3) is 0.483. The zero-order valence-electron chi connectivity index (χ0n) is 25.6. The molecule has 0 amide bonds. The molecule has 0 bridgehead atoms. The number of alkyl halides is 6. The van der Waals surface area contributed by atoms with Crippen molar-refractivity contribution in [2.75, 3.05) is 57.4 Å². The minimum absolute atomic E-state index is 0.0973. The van der Waals surface area contributed by atoms with Crippen molar-refractivity contribution >= 4 is 23.3 Å².